The molecule has 5 heteroatoms. The van der Waals surface area contributed by atoms with Gasteiger partial charge in [0.2, 0.25) is 0 Å². The molecule has 2 aromatic heterocycles. The number of thiophene rings is 1. The first kappa shape index (κ1) is 15.3. The zero-order chi connectivity index (χ0) is 16.4. The van der Waals surface area contributed by atoms with Crippen LogP contribution in [0.2, 0.25) is 0 Å². The molecule has 0 fully saturated rings. The molecule has 0 saturated heterocycles. The molecule has 4 nitrogen and oxygen atoms in total. The number of aliphatic imine (C=N–C) groups is 1. The zero-order valence-electron chi connectivity index (χ0n) is 13.3. The summed E-state index contributed by atoms with van der Waals surface area (Å²) in [4.78, 5) is 9.82. The van der Waals surface area contributed by atoms with Crippen LogP contribution in [-0.4, -0.2) is 11.0 Å². The Morgan fingerprint density at radius 1 is 1.26 bits per heavy atom. The van der Waals surface area contributed by atoms with E-state index in [9.17, 15) is 0 Å². The molecule has 3 heterocycles. The molecule has 1 aliphatic heterocycles. The van der Waals surface area contributed by atoms with Crippen LogP contribution < -0.4 is 5.73 Å². The molecule has 1 atom stereocenters. The number of allylic oxidation sites excluding steroid dienone is 1. The predicted molar refractivity (Wildman–Crippen MR) is 93.9 cm³/mol. The normalized spacial score (nSPS) is 20.0. The molecular formula is C18H17N3OS. The van der Waals surface area contributed by atoms with Gasteiger partial charge < -0.3 is 10.5 Å². The molecule has 23 heavy (non-hydrogen) atoms. The number of rotatable bonds is 2. The van der Waals surface area contributed by atoms with Crippen molar-refractivity contribution >= 4 is 17.4 Å². The van der Waals surface area contributed by atoms with Crippen molar-refractivity contribution in [3.05, 3.63) is 52.2 Å². The van der Waals surface area contributed by atoms with E-state index in [0.29, 0.717) is 0 Å². The summed E-state index contributed by atoms with van der Waals surface area (Å²) in [6.07, 6.45) is 5.60. The van der Waals surface area contributed by atoms with Crippen LogP contribution in [0.5, 0.6) is 0 Å². The number of ether oxygens (including phenoxy) is 1. The van der Waals surface area contributed by atoms with Crippen LogP contribution in [0.15, 0.2) is 46.7 Å². The molecule has 0 spiro atoms. The van der Waals surface area contributed by atoms with Crippen molar-refractivity contribution < 1.29 is 4.74 Å². The first-order valence-corrected chi connectivity index (χ1v) is 8.08. The third kappa shape index (κ3) is 3.13. The van der Waals surface area contributed by atoms with Gasteiger partial charge in [0, 0.05) is 28.4 Å². The summed E-state index contributed by atoms with van der Waals surface area (Å²) in [5, 5.41) is 2.10. The molecule has 0 unspecified atom stereocenters. The highest BCUT2D eigenvalue weighted by Gasteiger charge is 2.30. The number of nitrogens with two attached hydrogens (primary N) is 1. The molecule has 0 bridgehead atoms. The Balaban J connectivity index is 1.99. The van der Waals surface area contributed by atoms with Gasteiger partial charge in [-0.25, -0.2) is 4.99 Å². The fourth-order valence-corrected chi connectivity index (χ4v) is 3.56. The molecule has 0 radical (unpaired) electrons. The van der Waals surface area contributed by atoms with Crippen molar-refractivity contribution in [2.75, 3.05) is 0 Å². The second-order valence-electron chi connectivity index (χ2n) is 5.49. The molecule has 2 N–H and O–H groups in total. The second kappa shape index (κ2) is 5.90. The molecule has 0 amide bonds. The summed E-state index contributed by atoms with van der Waals surface area (Å²) in [6.45, 7) is 5.72. The molecule has 3 rings (SSSR count). The lowest BCUT2D eigenvalue weighted by atomic mass is 9.97. The third-order valence-electron chi connectivity index (χ3n) is 3.53. The zero-order valence-corrected chi connectivity index (χ0v) is 14.1. The van der Waals surface area contributed by atoms with Gasteiger partial charge in [0.05, 0.1) is 0 Å². The van der Waals surface area contributed by atoms with Crippen LogP contribution in [0.4, 0.5) is 0 Å². The van der Waals surface area contributed by atoms with Gasteiger partial charge in [0.1, 0.15) is 11.3 Å². The minimum atomic E-state index is -0.496. The van der Waals surface area contributed by atoms with E-state index in [4.69, 9.17) is 10.5 Å². The van der Waals surface area contributed by atoms with Gasteiger partial charge in [-0.2, -0.15) is 0 Å². The summed E-state index contributed by atoms with van der Waals surface area (Å²) in [7, 11) is 0. The Bertz CT molecular complexity index is 850. The summed E-state index contributed by atoms with van der Waals surface area (Å²) >= 11 is 1.65. The maximum Gasteiger partial charge on any atom is 0.288 e. The average molecular weight is 323 g/mol. The molecular weight excluding hydrogens is 306 g/mol. The highest BCUT2D eigenvalue weighted by molar-refractivity contribution is 7.10. The second-order valence-corrected chi connectivity index (χ2v) is 6.40. The van der Waals surface area contributed by atoms with Gasteiger partial charge in [-0.15, -0.1) is 17.3 Å². The maximum absolute atomic E-state index is 5.78. The predicted octanol–water partition coefficient (Wildman–Crippen LogP) is 3.65. The number of amidine groups is 1. The van der Waals surface area contributed by atoms with Crippen LogP contribution >= 0.6 is 11.3 Å². The highest BCUT2D eigenvalue weighted by Crippen LogP contribution is 2.38. The topological polar surface area (TPSA) is 60.5 Å². The lowest BCUT2D eigenvalue weighted by Gasteiger charge is -2.25. The number of aromatic nitrogens is 1. The smallest absolute Gasteiger partial charge is 0.288 e. The highest BCUT2D eigenvalue weighted by atomic mass is 32.1. The fourth-order valence-electron chi connectivity index (χ4n) is 2.56. The van der Waals surface area contributed by atoms with E-state index in [-0.39, 0.29) is 6.02 Å². The fraction of sp³-hybridized carbons (Fsp3) is 0.222. The lowest BCUT2D eigenvalue weighted by Crippen LogP contribution is -2.28. The van der Waals surface area contributed by atoms with E-state index in [1.807, 2.05) is 39.1 Å². The summed E-state index contributed by atoms with van der Waals surface area (Å²) in [6, 6.07) is 4.36. The first-order valence-electron chi connectivity index (χ1n) is 7.20. The van der Waals surface area contributed by atoms with E-state index < -0.39 is 5.54 Å². The van der Waals surface area contributed by atoms with E-state index >= 15 is 0 Å². The Hall–Kier alpha value is -2.58. The number of hydrogen-bond donors (Lipinski definition) is 1. The minimum Gasteiger partial charge on any atom is -0.431 e. The quantitative estimate of drug-likeness (QED) is 0.858. The Labute approximate surface area is 139 Å². The monoisotopic (exact) mass is 323 g/mol. The maximum atomic E-state index is 5.78. The number of pyridine rings is 1. The van der Waals surface area contributed by atoms with Crippen molar-refractivity contribution in [2.24, 2.45) is 10.7 Å². The van der Waals surface area contributed by atoms with Crippen molar-refractivity contribution in [1.82, 2.24) is 4.98 Å². The van der Waals surface area contributed by atoms with Crippen LogP contribution in [0.25, 0.3) is 11.1 Å². The van der Waals surface area contributed by atoms with Crippen LogP contribution in [0.1, 0.15) is 31.2 Å². The Morgan fingerprint density at radius 2 is 2.09 bits per heavy atom. The number of nitrogens with zero attached hydrogens (tertiary/aromatic N) is 2. The van der Waals surface area contributed by atoms with Gasteiger partial charge in [0.25, 0.3) is 6.02 Å². The molecule has 2 aromatic rings. The molecule has 116 valence electrons. The first-order chi connectivity index (χ1) is 11.0. The Morgan fingerprint density at radius 3 is 2.83 bits per heavy atom. The standard InChI is InChI=1S/C18H17N3OS/c1-4-5-13-6-14(10-20-9-13)15-7-16(23-11-15)18(3)8-12(2)22-17(19)21-18/h6-11H,1-3H3,(H2,19,21)/t18-/m0/s1. The molecule has 1 aliphatic rings. The lowest BCUT2D eigenvalue weighted by molar-refractivity contribution is 0.370. The summed E-state index contributed by atoms with van der Waals surface area (Å²) < 4.78 is 5.31. The van der Waals surface area contributed by atoms with Gasteiger partial charge in [-0.05, 0) is 49.9 Å². The Kier molecular flexibility index (Phi) is 3.93. The van der Waals surface area contributed by atoms with Gasteiger partial charge >= 0.3 is 0 Å². The largest absolute Gasteiger partial charge is 0.431 e. The van der Waals surface area contributed by atoms with E-state index in [0.717, 1.165) is 27.3 Å². The average Bonchev–Trinajstić information content (AvgIpc) is 2.97. The third-order valence-corrected chi connectivity index (χ3v) is 4.69. The van der Waals surface area contributed by atoms with E-state index in [1.165, 1.54) is 0 Å². The van der Waals surface area contributed by atoms with Crippen LogP contribution in [0, 0.1) is 11.8 Å². The summed E-state index contributed by atoms with van der Waals surface area (Å²) in [5.74, 6) is 6.69. The molecule has 0 aromatic carbocycles. The van der Waals surface area contributed by atoms with E-state index in [2.05, 4.69) is 33.3 Å². The molecule has 0 saturated carbocycles. The minimum absolute atomic E-state index is 0.198. The molecule has 0 aliphatic carbocycles. The van der Waals surface area contributed by atoms with Gasteiger partial charge in [0.15, 0.2) is 0 Å². The van der Waals surface area contributed by atoms with Crippen molar-refractivity contribution in [3.63, 3.8) is 0 Å². The van der Waals surface area contributed by atoms with E-state index in [1.54, 1.807) is 17.5 Å². The number of hydrogen-bond acceptors (Lipinski definition) is 5. The summed E-state index contributed by atoms with van der Waals surface area (Å²) in [5.41, 5.74) is 8.33. The van der Waals surface area contributed by atoms with Crippen molar-refractivity contribution in [3.8, 4) is 23.0 Å². The SMILES string of the molecule is CC#Cc1cncc(-c2csc([C@]3(C)C=C(C)OC(N)=N3)c2)c1. The van der Waals surface area contributed by atoms with Gasteiger partial charge in [-0.3, -0.25) is 4.98 Å². The van der Waals surface area contributed by atoms with Crippen molar-refractivity contribution in [2.45, 2.75) is 26.3 Å². The van der Waals surface area contributed by atoms with Crippen molar-refractivity contribution in [1.29, 1.82) is 0 Å². The van der Waals surface area contributed by atoms with Crippen LogP contribution in [0.3, 0.4) is 0 Å². The van der Waals surface area contributed by atoms with Gasteiger partial charge in [-0.1, -0.05) is 5.92 Å². The van der Waals surface area contributed by atoms with Crippen LogP contribution in [-0.2, 0) is 10.3 Å².